The first-order valence-corrected chi connectivity index (χ1v) is 9.62. The molecule has 130 valence electrons. The largest absolute Gasteiger partial charge is 0.324 e. The monoisotopic (exact) mass is 401 g/mol. The van der Waals surface area contributed by atoms with Crippen molar-refractivity contribution in [1.82, 2.24) is 4.98 Å². The highest BCUT2D eigenvalue weighted by molar-refractivity contribution is 7.07. The molecule has 0 radical (unpaired) electrons. The Morgan fingerprint density at radius 3 is 2.77 bits per heavy atom. The lowest BCUT2D eigenvalue weighted by molar-refractivity contribution is -0.117. The van der Waals surface area contributed by atoms with Gasteiger partial charge in [-0.05, 0) is 29.8 Å². The minimum Gasteiger partial charge on any atom is -0.324 e. The molecule has 2 heterocycles. The predicted octanol–water partition coefficient (Wildman–Crippen LogP) is 4.85. The normalized spacial score (nSPS) is 16.5. The van der Waals surface area contributed by atoms with E-state index in [1.807, 2.05) is 29.6 Å². The lowest BCUT2D eigenvalue weighted by atomic mass is 10.0. The van der Waals surface area contributed by atoms with Crippen molar-refractivity contribution >= 4 is 51.8 Å². The number of thiazole rings is 1. The van der Waals surface area contributed by atoms with Gasteiger partial charge in [0.05, 0.1) is 22.6 Å². The van der Waals surface area contributed by atoms with Crippen LogP contribution in [0.3, 0.4) is 0 Å². The van der Waals surface area contributed by atoms with Crippen LogP contribution in [0.25, 0.3) is 0 Å². The molecule has 0 spiro atoms. The van der Waals surface area contributed by atoms with Gasteiger partial charge in [-0.1, -0.05) is 41.4 Å². The number of aliphatic imine (C=N–C) groups is 1. The summed E-state index contributed by atoms with van der Waals surface area (Å²) in [6.07, 6.45) is 0.404. The molecule has 1 aliphatic rings. The van der Waals surface area contributed by atoms with Crippen LogP contribution in [0, 0.1) is 0 Å². The van der Waals surface area contributed by atoms with Crippen molar-refractivity contribution in [1.29, 1.82) is 0 Å². The molecule has 2 aromatic carbocycles. The minimum absolute atomic E-state index is 0.182. The number of benzodiazepines with no additional fused rings is 1. The molecular formula is C19H13Cl2N3OS. The van der Waals surface area contributed by atoms with Gasteiger partial charge in [-0.15, -0.1) is 11.3 Å². The van der Waals surface area contributed by atoms with Crippen LogP contribution in [0.2, 0.25) is 10.0 Å². The molecule has 0 fully saturated rings. The minimum atomic E-state index is -0.613. The van der Waals surface area contributed by atoms with Gasteiger partial charge in [0, 0.05) is 27.4 Å². The van der Waals surface area contributed by atoms with Crippen LogP contribution in [-0.2, 0) is 11.2 Å². The molecule has 7 heteroatoms. The van der Waals surface area contributed by atoms with E-state index < -0.39 is 6.04 Å². The van der Waals surface area contributed by atoms with Gasteiger partial charge in [0.25, 0.3) is 0 Å². The van der Waals surface area contributed by atoms with Crippen LogP contribution in [0.4, 0.5) is 5.69 Å². The van der Waals surface area contributed by atoms with Gasteiger partial charge in [0.2, 0.25) is 5.91 Å². The highest BCUT2D eigenvalue weighted by atomic mass is 35.5. The van der Waals surface area contributed by atoms with E-state index in [9.17, 15) is 4.79 Å². The number of fused-ring (bicyclic) bond motifs is 1. The topological polar surface area (TPSA) is 54.4 Å². The Balaban J connectivity index is 1.82. The Bertz CT molecular complexity index is 1000. The first kappa shape index (κ1) is 17.2. The van der Waals surface area contributed by atoms with Gasteiger partial charge in [-0.3, -0.25) is 9.79 Å². The van der Waals surface area contributed by atoms with Gasteiger partial charge in [0.1, 0.15) is 6.04 Å². The van der Waals surface area contributed by atoms with Crippen molar-refractivity contribution in [3.8, 4) is 0 Å². The lowest BCUT2D eigenvalue weighted by Gasteiger charge is -2.12. The van der Waals surface area contributed by atoms with Crippen molar-refractivity contribution in [2.45, 2.75) is 12.5 Å². The van der Waals surface area contributed by atoms with Crippen molar-refractivity contribution in [2.24, 2.45) is 4.99 Å². The number of aromatic nitrogens is 1. The van der Waals surface area contributed by atoms with Gasteiger partial charge in [-0.2, -0.15) is 0 Å². The van der Waals surface area contributed by atoms with Crippen molar-refractivity contribution in [3.63, 3.8) is 0 Å². The molecule has 1 amide bonds. The van der Waals surface area contributed by atoms with Crippen LogP contribution in [0.1, 0.15) is 16.8 Å². The Labute approximate surface area is 164 Å². The summed E-state index contributed by atoms with van der Waals surface area (Å²) in [4.78, 5) is 21.9. The average molecular weight is 402 g/mol. The number of rotatable bonds is 3. The van der Waals surface area contributed by atoms with E-state index in [0.717, 1.165) is 16.8 Å². The number of carbonyl (C=O) groups is 1. The second kappa shape index (κ2) is 7.19. The standard InChI is InChI=1S/C19H13Cl2N3OS/c20-12-5-6-15-13(8-12)18(17-9-26-10-22-17)23-16(19(25)24-15)7-11-3-1-2-4-14(11)21/h1-6,8-10,16H,7H2,(H,24,25). The fourth-order valence-corrected chi connectivity index (χ4v) is 3.79. The van der Waals surface area contributed by atoms with Crippen LogP contribution in [-0.4, -0.2) is 22.6 Å². The Morgan fingerprint density at radius 2 is 2.00 bits per heavy atom. The van der Waals surface area contributed by atoms with Crippen LogP contribution in [0.15, 0.2) is 58.3 Å². The number of nitrogens with zero attached hydrogens (tertiary/aromatic N) is 2. The summed E-state index contributed by atoms with van der Waals surface area (Å²) in [6, 6.07) is 12.2. The average Bonchev–Trinajstić information content (AvgIpc) is 3.12. The van der Waals surface area contributed by atoms with E-state index in [1.54, 1.807) is 23.7 Å². The number of benzene rings is 2. The maximum Gasteiger partial charge on any atom is 0.249 e. The summed E-state index contributed by atoms with van der Waals surface area (Å²) in [5.74, 6) is -0.182. The number of hydrogen-bond donors (Lipinski definition) is 1. The van der Waals surface area contributed by atoms with Crippen molar-refractivity contribution in [2.75, 3.05) is 5.32 Å². The third-order valence-corrected chi connectivity index (χ3v) is 5.32. The van der Waals surface area contributed by atoms with E-state index in [2.05, 4.69) is 10.3 Å². The maximum atomic E-state index is 12.8. The number of anilines is 1. The third-order valence-electron chi connectivity index (χ3n) is 4.13. The first-order chi connectivity index (χ1) is 12.6. The SMILES string of the molecule is O=C1Nc2ccc(Cl)cc2C(c2cscn2)=NC1Cc1ccccc1Cl. The predicted molar refractivity (Wildman–Crippen MR) is 107 cm³/mol. The molecule has 1 unspecified atom stereocenters. The highest BCUT2D eigenvalue weighted by Crippen LogP contribution is 2.28. The molecule has 4 nitrogen and oxygen atoms in total. The van der Waals surface area contributed by atoms with Crippen molar-refractivity contribution in [3.05, 3.63) is 80.2 Å². The van der Waals surface area contributed by atoms with Gasteiger partial charge >= 0.3 is 0 Å². The van der Waals surface area contributed by atoms with E-state index in [4.69, 9.17) is 28.2 Å². The Morgan fingerprint density at radius 1 is 1.15 bits per heavy atom. The summed E-state index contributed by atoms with van der Waals surface area (Å²) >= 11 is 13.9. The molecular weight excluding hydrogens is 389 g/mol. The van der Waals surface area contributed by atoms with E-state index >= 15 is 0 Å². The zero-order valence-electron chi connectivity index (χ0n) is 13.4. The summed E-state index contributed by atoms with van der Waals surface area (Å²) in [7, 11) is 0. The molecule has 26 heavy (non-hydrogen) atoms. The second-order valence-corrected chi connectivity index (χ2v) is 7.40. The van der Waals surface area contributed by atoms with Crippen LogP contribution < -0.4 is 5.32 Å². The first-order valence-electron chi connectivity index (χ1n) is 7.92. The summed E-state index contributed by atoms with van der Waals surface area (Å²) in [6.45, 7) is 0. The number of hydrogen-bond acceptors (Lipinski definition) is 4. The zero-order valence-corrected chi connectivity index (χ0v) is 15.8. The van der Waals surface area contributed by atoms with Crippen LogP contribution >= 0.6 is 34.5 Å². The molecule has 0 bridgehead atoms. The van der Waals surface area contributed by atoms with Gasteiger partial charge in [-0.25, -0.2) is 4.98 Å². The smallest absolute Gasteiger partial charge is 0.249 e. The van der Waals surface area contributed by atoms with Crippen molar-refractivity contribution < 1.29 is 4.79 Å². The van der Waals surface area contributed by atoms with E-state index in [0.29, 0.717) is 27.9 Å². The quantitative estimate of drug-likeness (QED) is 0.681. The Kier molecular flexibility index (Phi) is 4.76. The maximum absolute atomic E-state index is 12.8. The Hall–Kier alpha value is -2.21. The highest BCUT2D eigenvalue weighted by Gasteiger charge is 2.27. The summed E-state index contributed by atoms with van der Waals surface area (Å²) in [5.41, 5.74) is 5.43. The number of amides is 1. The molecule has 4 rings (SSSR count). The summed E-state index contributed by atoms with van der Waals surface area (Å²) < 4.78 is 0. The number of carbonyl (C=O) groups excluding carboxylic acids is 1. The van der Waals surface area contributed by atoms with Gasteiger partial charge < -0.3 is 5.32 Å². The fourth-order valence-electron chi connectivity index (χ4n) is 2.87. The molecule has 1 aliphatic heterocycles. The van der Waals surface area contributed by atoms with Gasteiger partial charge in [0.15, 0.2) is 0 Å². The third kappa shape index (κ3) is 3.38. The summed E-state index contributed by atoms with van der Waals surface area (Å²) in [5, 5.41) is 6.06. The van der Waals surface area contributed by atoms with E-state index in [1.165, 1.54) is 11.3 Å². The van der Waals surface area contributed by atoms with E-state index in [-0.39, 0.29) is 5.91 Å². The van der Waals surface area contributed by atoms with Crippen LogP contribution in [0.5, 0.6) is 0 Å². The second-order valence-electron chi connectivity index (χ2n) is 5.84. The lowest BCUT2D eigenvalue weighted by Crippen LogP contribution is -2.27. The number of nitrogens with one attached hydrogen (secondary N) is 1. The fraction of sp³-hybridized carbons (Fsp3) is 0.105. The zero-order chi connectivity index (χ0) is 18.1. The molecule has 1 atom stereocenters. The molecule has 0 saturated heterocycles. The molecule has 1 aromatic heterocycles. The molecule has 0 saturated carbocycles. The number of halogens is 2. The molecule has 1 N–H and O–H groups in total. The molecule has 0 aliphatic carbocycles. The molecule has 3 aromatic rings.